The van der Waals surface area contributed by atoms with Crippen molar-refractivity contribution in [3.05, 3.63) is 0 Å². The van der Waals surface area contributed by atoms with Crippen molar-refractivity contribution in [3.8, 4) is 0 Å². The van der Waals surface area contributed by atoms with E-state index >= 15 is 0 Å². The summed E-state index contributed by atoms with van der Waals surface area (Å²) in [5.74, 6) is 0. The van der Waals surface area contributed by atoms with E-state index in [1.165, 1.54) is 0 Å². The van der Waals surface area contributed by atoms with E-state index in [1.54, 1.807) is 6.92 Å². The van der Waals surface area contributed by atoms with Crippen LogP contribution in [0.2, 0.25) is 0 Å². The predicted octanol–water partition coefficient (Wildman–Crippen LogP) is 4.97. The third-order valence-electron chi connectivity index (χ3n) is 0.247. The third kappa shape index (κ3) is 18.8. The minimum Gasteiger partial charge on any atom is -0.106 e. The molecule has 0 saturated carbocycles. The van der Waals surface area contributed by atoms with Crippen LogP contribution in [0, 0.1) is 0 Å². The van der Waals surface area contributed by atoms with Crippen molar-refractivity contribution in [2.24, 2.45) is 0 Å². The maximum Gasteiger partial charge on any atom is 0.220 e. The van der Waals surface area contributed by atoms with Gasteiger partial charge in [-0.1, -0.05) is 34.8 Å². The third-order valence-corrected chi connectivity index (χ3v) is 2.23. The summed E-state index contributed by atoms with van der Waals surface area (Å²) in [5, 5.41) is 0. The van der Waals surface area contributed by atoms with Crippen LogP contribution in [0.3, 0.4) is 0 Å². The molecule has 0 atom stereocenters. The molecule has 0 bridgehead atoms. The second-order valence-electron chi connectivity index (χ2n) is 1.36. The highest BCUT2D eigenvalue weighted by molar-refractivity contribution is 6.73. The van der Waals surface area contributed by atoms with Crippen LogP contribution in [-0.4, -0.2) is 13.5 Å². The van der Waals surface area contributed by atoms with Gasteiger partial charge in [-0.3, -0.25) is 0 Å². The summed E-state index contributed by atoms with van der Waals surface area (Å²) in [4.78, 5) is -1.18. The number of rotatable bonds is 0. The van der Waals surface area contributed by atoms with Crippen molar-refractivity contribution in [2.45, 2.75) is 20.4 Å². The number of hydrogen-bond acceptors (Lipinski definition) is 0. The van der Waals surface area contributed by atoms with E-state index in [0.29, 0.717) is 0 Å². The number of alkyl halides is 7. The highest BCUT2D eigenvalue weighted by atomic mass is 35.6. The van der Waals surface area contributed by atoms with E-state index in [9.17, 15) is 0 Å². The van der Waals surface area contributed by atoms with Crippen molar-refractivity contribution in [2.75, 3.05) is 0 Å². The molecule has 11 heavy (non-hydrogen) atoms. The van der Waals surface area contributed by atoms with Gasteiger partial charge in [0.15, 0.2) is 4.84 Å². The lowest BCUT2D eigenvalue weighted by atomic mass is 10.9. The molecule has 0 aromatic carbocycles. The Labute approximate surface area is 101 Å². The van der Waals surface area contributed by atoms with Crippen LogP contribution in [0.15, 0.2) is 0 Å². The van der Waals surface area contributed by atoms with E-state index < -0.39 is 8.63 Å². The Morgan fingerprint density at radius 1 is 0.909 bits per heavy atom. The van der Waals surface area contributed by atoms with Gasteiger partial charge in [0.25, 0.3) is 0 Å². The van der Waals surface area contributed by atoms with Crippen LogP contribution >= 0.6 is 81.2 Å². The van der Waals surface area contributed by atoms with E-state index in [4.69, 9.17) is 81.2 Å². The van der Waals surface area contributed by atoms with Crippen molar-refractivity contribution >= 4 is 81.2 Å². The lowest BCUT2D eigenvalue weighted by molar-refractivity contribution is 1.19. The number of halogens is 7. The first kappa shape index (κ1) is 15.5. The van der Waals surface area contributed by atoms with Crippen LogP contribution in [-0.2, 0) is 0 Å². The van der Waals surface area contributed by atoms with Crippen molar-refractivity contribution in [3.63, 3.8) is 0 Å². The maximum atomic E-state index is 5.14. The lowest BCUT2D eigenvalue weighted by Gasteiger charge is -2.09. The molecule has 0 rings (SSSR count). The molecule has 0 radical (unpaired) electrons. The van der Waals surface area contributed by atoms with Gasteiger partial charge in [-0.2, -0.15) is 0 Å². The molecule has 0 unspecified atom stereocenters. The van der Waals surface area contributed by atoms with Gasteiger partial charge in [0.1, 0.15) is 4.84 Å². The average Bonchev–Trinajstić information content (AvgIpc) is 1.59. The summed E-state index contributed by atoms with van der Waals surface area (Å²) in [6.07, 6.45) is 0. The second-order valence-corrected chi connectivity index (χ2v) is 6.36. The molecule has 0 aromatic heterocycles. The SMILES string of the molecule is CC(Cl)Cl.ClC(Cl)C(Cl)(Cl)Cl. The Bertz CT molecular complexity index is 80.2. The fourth-order valence-corrected chi connectivity index (χ4v) is 0. The van der Waals surface area contributed by atoms with E-state index in [2.05, 4.69) is 0 Å². The van der Waals surface area contributed by atoms with Crippen molar-refractivity contribution < 1.29 is 0 Å². The maximum absolute atomic E-state index is 5.14. The van der Waals surface area contributed by atoms with Gasteiger partial charge in [0.2, 0.25) is 3.79 Å². The molecule has 7 heteroatoms. The van der Waals surface area contributed by atoms with Crippen LogP contribution in [0.5, 0.6) is 0 Å². The zero-order valence-electron chi connectivity index (χ0n) is 5.30. The minimum absolute atomic E-state index is 0.222. The zero-order valence-corrected chi connectivity index (χ0v) is 10.6. The van der Waals surface area contributed by atoms with Crippen molar-refractivity contribution in [1.29, 1.82) is 0 Å². The Morgan fingerprint density at radius 2 is 1.00 bits per heavy atom. The van der Waals surface area contributed by atoms with Crippen molar-refractivity contribution in [1.82, 2.24) is 0 Å². The fourth-order valence-electron chi connectivity index (χ4n) is 0. The van der Waals surface area contributed by atoms with Gasteiger partial charge in [-0.15, -0.1) is 46.4 Å². The normalized spacial score (nSPS) is 11.5. The summed E-state index contributed by atoms with van der Waals surface area (Å²) >= 11 is 35.7. The molecule has 0 aliphatic carbocycles. The van der Waals surface area contributed by atoms with Gasteiger partial charge >= 0.3 is 0 Å². The molecule has 0 heterocycles. The average molecular weight is 301 g/mol. The summed E-state index contributed by atoms with van der Waals surface area (Å²) < 4.78 is -1.55. The van der Waals surface area contributed by atoms with Crippen LogP contribution in [0.4, 0.5) is 0 Å². The Morgan fingerprint density at radius 3 is 1.00 bits per heavy atom. The predicted molar refractivity (Wildman–Crippen MR) is 57.0 cm³/mol. The van der Waals surface area contributed by atoms with E-state index in [-0.39, 0.29) is 4.84 Å². The first-order valence-electron chi connectivity index (χ1n) is 2.31. The molecular weight excluding hydrogens is 296 g/mol. The van der Waals surface area contributed by atoms with Gasteiger partial charge < -0.3 is 0 Å². The minimum atomic E-state index is -1.55. The molecule has 0 aliphatic heterocycles. The molecule has 0 aliphatic rings. The second kappa shape index (κ2) is 7.44. The van der Waals surface area contributed by atoms with Gasteiger partial charge in [0.05, 0.1) is 0 Å². The monoisotopic (exact) mass is 298 g/mol. The molecule has 0 saturated heterocycles. The standard InChI is InChI=1S/C2HCl5.C2H4Cl2/c3-1(4)2(5,6)7;1-2(3)4/h1H;2H,1H3. The molecule has 0 amide bonds. The first-order chi connectivity index (χ1) is 4.68. The number of hydrogen-bond donors (Lipinski definition) is 0. The Kier molecular flexibility index (Phi) is 10.5. The first-order valence-corrected chi connectivity index (χ1v) is 5.19. The van der Waals surface area contributed by atoms with Gasteiger partial charge in [-0.25, -0.2) is 0 Å². The molecule has 0 fully saturated rings. The van der Waals surface area contributed by atoms with Crippen LogP contribution in [0.25, 0.3) is 0 Å². The van der Waals surface area contributed by atoms with E-state index in [0.717, 1.165) is 0 Å². The summed E-state index contributed by atoms with van der Waals surface area (Å²) in [6.45, 7) is 1.70. The van der Waals surface area contributed by atoms with Crippen LogP contribution < -0.4 is 0 Å². The highest BCUT2D eigenvalue weighted by Gasteiger charge is 2.28. The Hall–Kier alpha value is 2.03. The molecule has 0 spiro atoms. The zero-order chi connectivity index (χ0) is 9.65. The Balaban J connectivity index is 0. The molecular formula is C4H5Cl7. The summed E-state index contributed by atoms with van der Waals surface area (Å²) in [7, 11) is 0. The highest BCUT2D eigenvalue weighted by Crippen LogP contribution is 2.35. The van der Waals surface area contributed by atoms with Crippen LogP contribution in [0.1, 0.15) is 6.92 Å². The van der Waals surface area contributed by atoms with Gasteiger partial charge in [0, 0.05) is 0 Å². The topological polar surface area (TPSA) is 0 Å². The molecule has 0 nitrogen and oxygen atoms in total. The van der Waals surface area contributed by atoms with E-state index in [1.807, 2.05) is 0 Å². The largest absolute Gasteiger partial charge is 0.220 e. The lowest BCUT2D eigenvalue weighted by Crippen LogP contribution is -2.11. The smallest absolute Gasteiger partial charge is 0.106 e. The fraction of sp³-hybridized carbons (Fsp3) is 1.00. The van der Waals surface area contributed by atoms with Gasteiger partial charge in [-0.05, 0) is 6.92 Å². The quantitative estimate of drug-likeness (QED) is 0.554. The molecule has 0 N–H and O–H groups in total. The summed E-state index contributed by atoms with van der Waals surface area (Å²) in [6, 6.07) is 0. The summed E-state index contributed by atoms with van der Waals surface area (Å²) in [5.41, 5.74) is 0. The molecule has 0 aromatic rings. The molecule has 70 valence electrons.